The van der Waals surface area contributed by atoms with E-state index in [-0.39, 0.29) is 18.1 Å². The number of likely N-dealkylation sites (N-methyl/N-ethyl adjacent to an activating group) is 1. The third-order valence-corrected chi connectivity index (χ3v) is 4.88. The van der Waals surface area contributed by atoms with E-state index in [9.17, 15) is 22.8 Å². The van der Waals surface area contributed by atoms with E-state index in [4.69, 9.17) is 5.11 Å². The molecular formula is C11H19N3O6S. The predicted molar refractivity (Wildman–Crippen MR) is 73.5 cm³/mol. The third kappa shape index (κ3) is 4.88. The molecule has 0 saturated carbocycles. The Morgan fingerprint density at radius 3 is 2.52 bits per heavy atom. The molecule has 2 atom stereocenters. The lowest BCUT2D eigenvalue weighted by molar-refractivity contribution is -0.138. The van der Waals surface area contributed by atoms with Gasteiger partial charge >= 0.3 is 12.0 Å². The van der Waals surface area contributed by atoms with E-state index in [1.807, 2.05) is 0 Å². The molecule has 0 aliphatic carbocycles. The number of amides is 3. The first-order valence-electron chi connectivity index (χ1n) is 6.37. The van der Waals surface area contributed by atoms with Gasteiger partial charge in [-0.2, -0.15) is 0 Å². The summed E-state index contributed by atoms with van der Waals surface area (Å²) in [5.74, 6) is -2.19. The van der Waals surface area contributed by atoms with Crippen LogP contribution in [-0.4, -0.2) is 73.5 Å². The molecular weight excluding hydrogens is 302 g/mol. The molecule has 0 aromatic rings. The molecule has 0 aromatic heterocycles. The Kier molecular flexibility index (Phi) is 5.53. The van der Waals surface area contributed by atoms with Gasteiger partial charge in [0.05, 0.1) is 24.0 Å². The average Bonchev–Trinajstić information content (AvgIpc) is 2.35. The first-order chi connectivity index (χ1) is 9.66. The van der Waals surface area contributed by atoms with Crippen molar-refractivity contribution < 1.29 is 27.9 Å². The Hall–Kier alpha value is -1.84. The maximum absolute atomic E-state index is 12.1. The van der Waals surface area contributed by atoms with E-state index in [1.54, 1.807) is 0 Å². The van der Waals surface area contributed by atoms with E-state index in [1.165, 1.54) is 14.0 Å². The lowest BCUT2D eigenvalue weighted by Crippen LogP contribution is -2.57. The quantitative estimate of drug-likeness (QED) is 0.571. The van der Waals surface area contributed by atoms with Gasteiger partial charge in [0.15, 0.2) is 9.84 Å². The number of aliphatic carboxylic acids is 1. The molecule has 1 heterocycles. The van der Waals surface area contributed by atoms with Crippen molar-refractivity contribution in [2.75, 3.05) is 25.1 Å². The van der Waals surface area contributed by atoms with Crippen LogP contribution < -0.4 is 10.6 Å². The molecule has 0 radical (unpaired) electrons. The number of carbonyl (C=O) groups is 3. The van der Waals surface area contributed by atoms with E-state index >= 15 is 0 Å². The molecule has 120 valence electrons. The van der Waals surface area contributed by atoms with Gasteiger partial charge in [-0.25, -0.2) is 13.2 Å². The summed E-state index contributed by atoms with van der Waals surface area (Å²) in [7, 11) is -1.94. The predicted octanol–water partition coefficient (Wildman–Crippen LogP) is -1.60. The zero-order valence-corrected chi connectivity index (χ0v) is 12.6. The highest BCUT2D eigenvalue weighted by Gasteiger charge is 2.36. The molecule has 3 N–H and O–H groups in total. The Labute approximate surface area is 122 Å². The van der Waals surface area contributed by atoms with Crippen molar-refractivity contribution >= 4 is 27.7 Å². The number of hydrogen-bond acceptors (Lipinski definition) is 5. The number of nitrogens with zero attached hydrogens (tertiary/aromatic N) is 1. The van der Waals surface area contributed by atoms with Gasteiger partial charge in [0.2, 0.25) is 5.91 Å². The highest BCUT2D eigenvalue weighted by Crippen LogP contribution is 2.15. The van der Waals surface area contributed by atoms with Crippen molar-refractivity contribution in [3.05, 3.63) is 0 Å². The van der Waals surface area contributed by atoms with Crippen LogP contribution in [0.1, 0.15) is 13.3 Å². The van der Waals surface area contributed by atoms with Gasteiger partial charge in [0, 0.05) is 13.6 Å². The number of carboxylic acids is 1. The maximum atomic E-state index is 12.1. The molecule has 21 heavy (non-hydrogen) atoms. The maximum Gasteiger partial charge on any atom is 0.318 e. The van der Waals surface area contributed by atoms with Gasteiger partial charge in [-0.05, 0) is 6.92 Å². The van der Waals surface area contributed by atoms with Gasteiger partial charge < -0.3 is 20.6 Å². The number of carbonyl (C=O) groups excluding carboxylic acids is 2. The number of rotatable bonds is 4. The van der Waals surface area contributed by atoms with E-state index < -0.39 is 46.2 Å². The van der Waals surface area contributed by atoms with E-state index in [0.717, 1.165) is 4.90 Å². The molecule has 2 unspecified atom stereocenters. The fourth-order valence-corrected chi connectivity index (χ4v) is 3.60. The summed E-state index contributed by atoms with van der Waals surface area (Å²) in [6.07, 6.45) is -0.457. The molecule has 1 fully saturated rings. The zero-order chi connectivity index (χ0) is 16.2. The second kappa shape index (κ2) is 6.74. The second-order valence-electron chi connectivity index (χ2n) is 4.84. The summed E-state index contributed by atoms with van der Waals surface area (Å²) < 4.78 is 23.1. The molecule has 9 nitrogen and oxygen atoms in total. The van der Waals surface area contributed by atoms with E-state index in [0.29, 0.717) is 0 Å². The van der Waals surface area contributed by atoms with Crippen molar-refractivity contribution in [1.82, 2.24) is 15.5 Å². The molecule has 1 aliphatic heterocycles. The lowest BCUT2D eigenvalue weighted by atomic mass is 10.2. The molecule has 1 saturated heterocycles. The van der Waals surface area contributed by atoms with Crippen LogP contribution in [0.4, 0.5) is 4.79 Å². The Morgan fingerprint density at radius 2 is 2.00 bits per heavy atom. The number of urea groups is 1. The summed E-state index contributed by atoms with van der Waals surface area (Å²) >= 11 is 0. The SMILES string of the molecule is CNC(=O)C(C)NC(=O)N1CCS(=O)(=O)CC1CC(=O)O. The fraction of sp³-hybridized carbons (Fsp3) is 0.727. The molecule has 10 heteroatoms. The van der Waals surface area contributed by atoms with E-state index in [2.05, 4.69) is 10.6 Å². The Bertz CT molecular complexity index is 532. The van der Waals surface area contributed by atoms with Crippen LogP contribution >= 0.6 is 0 Å². The first-order valence-corrected chi connectivity index (χ1v) is 8.19. The highest BCUT2D eigenvalue weighted by molar-refractivity contribution is 7.91. The standard InChI is InChI=1S/C11H19N3O6S/c1-7(10(17)12-2)13-11(18)14-3-4-21(19,20)6-8(14)5-9(15)16/h7-8H,3-6H2,1-2H3,(H,12,17)(H,13,18)(H,15,16). The highest BCUT2D eigenvalue weighted by atomic mass is 32.2. The minimum Gasteiger partial charge on any atom is -0.481 e. The monoisotopic (exact) mass is 321 g/mol. The summed E-state index contributed by atoms with van der Waals surface area (Å²) in [6.45, 7) is 1.39. The van der Waals surface area contributed by atoms with Crippen LogP contribution in [-0.2, 0) is 19.4 Å². The molecule has 3 amide bonds. The van der Waals surface area contributed by atoms with Gasteiger partial charge in [-0.15, -0.1) is 0 Å². The van der Waals surface area contributed by atoms with Crippen molar-refractivity contribution in [3.63, 3.8) is 0 Å². The van der Waals surface area contributed by atoms with Crippen LogP contribution in [0.5, 0.6) is 0 Å². The van der Waals surface area contributed by atoms with Crippen LogP contribution in [0.15, 0.2) is 0 Å². The molecule has 0 spiro atoms. The van der Waals surface area contributed by atoms with Gasteiger partial charge in [-0.3, -0.25) is 9.59 Å². The normalized spacial score (nSPS) is 22.2. The number of sulfone groups is 1. The molecule has 1 rings (SSSR count). The van der Waals surface area contributed by atoms with Crippen molar-refractivity contribution in [3.8, 4) is 0 Å². The van der Waals surface area contributed by atoms with Crippen LogP contribution in [0.2, 0.25) is 0 Å². The van der Waals surface area contributed by atoms with Crippen LogP contribution in [0.3, 0.4) is 0 Å². The fourth-order valence-electron chi connectivity index (χ4n) is 2.07. The minimum absolute atomic E-state index is 0.0907. The van der Waals surface area contributed by atoms with Crippen LogP contribution in [0, 0.1) is 0 Å². The molecule has 0 bridgehead atoms. The molecule has 0 aromatic carbocycles. The smallest absolute Gasteiger partial charge is 0.318 e. The lowest BCUT2D eigenvalue weighted by Gasteiger charge is -2.35. The van der Waals surface area contributed by atoms with Gasteiger partial charge in [0.25, 0.3) is 0 Å². The Morgan fingerprint density at radius 1 is 1.38 bits per heavy atom. The zero-order valence-electron chi connectivity index (χ0n) is 11.8. The van der Waals surface area contributed by atoms with Gasteiger partial charge in [0.1, 0.15) is 6.04 Å². The average molecular weight is 321 g/mol. The summed E-state index contributed by atoms with van der Waals surface area (Å²) in [5.41, 5.74) is 0. The van der Waals surface area contributed by atoms with Crippen LogP contribution in [0.25, 0.3) is 0 Å². The summed E-state index contributed by atoms with van der Waals surface area (Å²) in [6, 6.07) is -2.38. The second-order valence-corrected chi connectivity index (χ2v) is 7.07. The number of hydrogen-bond donors (Lipinski definition) is 3. The Balaban J connectivity index is 2.80. The van der Waals surface area contributed by atoms with Gasteiger partial charge in [-0.1, -0.05) is 0 Å². The summed E-state index contributed by atoms with van der Waals surface area (Å²) in [4.78, 5) is 35.4. The minimum atomic E-state index is -3.36. The van der Waals surface area contributed by atoms with Crippen molar-refractivity contribution in [2.45, 2.75) is 25.4 Å². The first kappa shape index (κ1) is 17.2. The topological polar surface area (TPSA) is 133 Å². The number of carboxylic acid groups (broad SMARTS) is 1. The largest absolute Gasteiger partial charge is 0.481 e. The number of nitrogens with one attached hydrogen (secondary N) is 2. The van der Waals surface area contributed by atoms with Crippen molar-refractivity contribution in [1.29, 1.82) is 0 Å². The third-order valence-electron chi connectivity index (χ3n) is 3.18. The molecule has 1 aliphatic rings. The summed E-state index contributed by atoms with van der Waals surface area (Å²) in [5, 5.41) is 13.6. The van der Waals surface area contributed by atoms with Crippen molar-refractivity contribution in [2.24, 2.45) is 0 Å².